The van der Waals surface area contributed by atoms with Gasteiger partial charge in [-0.1, -0.05) is 111 Å². The molecule has 3 aromatic heterocycles. The highest BCUT2D eigenvalue weighted by molar-refractivity contribution is 6.13. The van der Waals surface area contributed by atoms with Gasteiger partial charge in [0.2, 0.25) is 0 Å². The zero-order chi connectivity index (χ0) is 34.6. The van der Waals surface area contributed by atoms with Crippen molar-refractivity contribution in [2.24, 2.45) is 0 Å². The predicted molar refractivity (Wildman–Crippen MR) is 213 cm³/mol. The maximum Gasteiger partial charge on any atom is 0.182 e. The zero-order valence-electron chi connectivity index (χ0n) is 28.7. The molecule has 7 aromatic carbocycles. The third kappa shape index (κ3) is 4.17. The van der Waals surface area contributed by atoms with Gasteiger partial charge in [-0.15, -0.1) is 0 Å². The fraction of sp³-hybridized carbons (Fsp3) is 0.0638. The van der Waals surface area contributed by atoms with Gasteiger partial charge in [-0.25, -0.2) is 19.9 Å². The fourth-order valence-electron chi connectivity index (χ4n) is 8.49. The largest absolute Gasteiger partial charge is 0.309 e. The first-order valence-electron chi connectivity index (χ1n) is 17.7. The third-order valence-corrected chi connectivity index (χ3v) is 11.1. The monoisotopic (exact) mass is 665 g/mol. The number of fused-ring (bicyclic) bond motifs is 9. The highest BCUT2D eigenvalue weighted by Crippen LogP contribution is 2.49. The van der Waals surface area contributed by atoms with Crippen LogP contribution in [0.15, 0.2) is 152 Å². The van der Waals surface area contributed by atoms with Crippen molar-refractivity contribution in [3.05, 3.63) is 163 Å². The van der Waals surface area contributed by atoms with E-state index in [2.05, 4.69) is 163 Å². The van der Waals surface area contributed by atoms with Gasteiger partial charge in [0.25, 0.3) is 0 Å². The van der Waals surface area contributed by atoms with Gasteiger partial charge in [0.15, 0.2) is 11.5 Å². The standard InChI is InChI=1S/C47H31N5/c1-47(2)39-13-7-5-11-35(39)36-20-18-31(26-40(36)47)43-44-46(49-22-21-48-44)51-45(50-43)32-16-15-28-17-19-34(24-33(28)23-32)52-41-14-8-6-12-37(41)38-25-29-9-3-4-10-30(29)27-42(38)52/h3-27H,1-2H3. The Morgan fingerprint density at radius 2 is 1.25 bits per heavy atom. The van der Waals surface area contributed by atoms with Crippen molar-refractivity contribution in [3.8, 4) is 39.5 Å². The summed E-state index contributed by atoms with van der Waals surface area (Å²) in [4.78, 5) is 19.6. The van der Waals surface area contributed by atoms with Gasteiger partial charge >= 0.3 is 0 Å². The second-order valence-corrected chi connectivity index (χ2v) is 14.4. The van der Waals surface area contributed by atoms with Crippen LogP contribution in [0.4, 0.5) is 0 Å². The summed E-state index contributed by atoms with van der Waals surface area (Å²) in [6, 6.07) is 50.5. The molecular weight excluding hydrogens is 635 g/mol. The number of aromatic nitrogens is 5. The van der Waals surface area contributed by atoms with Crippen LogP contribution in [-0.2, 0) is 5.41 Å². The Balaban J connectivity index is 1.07. The predicted octanol–water partition coefficient (Wildman–Crippen LogP) is 11.5. The van der Waals surface area contributed by atoms with Gasteiger partial charge in [-0.3, -0.25) is 0 Å². The molecule has 0 saturated heterocycles. The molecular formula is C47H31N5. The molecule has 0 atom stereocenters. The van der Waals surface area contributed by atoms with Gasteiger partial charge in [0, 0.05) is 45.4 Å². The van der Waals surface area contributed by atoms with E-state index in [0.29, 0.717) is 17.0 Å². The van der Waals surface area contributed by atoms with Crippen molar-refractivity contribution in [2.75, 3.05) is 0 Å². The third-order valence-electron chi connectivity index (χ3n) is 11.1. The number of hydrogen-bond donors (Lipinski definition) is 0. The molecule has 0 bridgehead atoms. The zero-order valence-corrected chi connectivity index (χ0v) is 28.7. The van der Waals surface area contributed by atoms with Crippen LogP contribution in [0.25, 0.3) is 94.0 Å². The van der Waals surface area contributed by atoms with E-state index in [-0.39, 0.29) is 5.41 Å². The number of nitrogens with zero attached hydrogens (tertiary/aromatic N) is 5. The minimum atomic E-state index is -0.126. The lowest BCUT2D eigenvalue weighted by molar-refractivity contribution is 0.660. The minimum Gasteiger partial charge on any atom is -0.309 e. The fourth-order valence-corrected chi connectivity index (χ4v) is 8.49. The van der Waals surface area contributed by atoms with Gasteiger partial charge in [-0.2, -0.15) is 0 Å². The SMILES string of the molecule is CC1(C)c2ccccc2-c2ccc(-c3nc(-c4ccc5ccc(-n6c7ccccc7c7cc8ccccc8cc76)cc5c4)nc4nccnc34)cc21. The molecule has 52 heavy (non-hydrogen) atoms. The summed E-state index contributed by atoms with van der Waals surface area (Å²) in [5.41, 5.74) is 12.6. The Hall–Kier alpha value is -6.72. The van der Waals surface area contributed by atoms with Crippen molar-refractivity contribution in [3.63, 3.8) is 0 Å². The van der Waals surface area contributed by atoms with E-state index in [0.717, 1.165) is 33.3 Å². The number of benzene rings is 7. The minimum absolute atomic E-state index is 0.126. The lowest BCUT2D eigenvalue weighted by atomic mass is 9.82. The van der Waals surface area contributed by atoms with E-state index in [1.54, 1.807) is 12.4 Å². The summed E-state index contributed by atoms with van der Waals surface area (Å²) in [5, 5.41) is 7.23. The second kappa shape index (κ2) is 10.6. The average molecular weight is 666 g/mol. The van der Waals surface area contributed by atoms with Crippen LogP contribution in [0, 0.1) is 0 Å². The Labute approximate surface area is 299 Å². The summed E-state index contributed by atoms with van der Waals surface area (Å²) in [6.07, 6.45) is 3.42. The topological polar surface area (TPSA) is 56.5 Å². The summed E-state index contributed by atoms with van der Waals surface area (Å²) >= 11 is 0. The van der Waals surface area contributed by atoms with E-state index < -0.39 is 0 Å². The van der Waals surface area contributed by atoms with Gasteiger partial charge < -0.3 is 4.57 Å². The Morgan fingerprint density at radius 1 is 0.500 bits per heavy atom. The van der Waals surface area contributed by atoms with E-state index in [1.165, 1.54) is 54.8 Å². The first kappa shape index (κ1) is 29.1. The second-order valence-electron chi connectivity index (χ2n) is 14.4. The van der Waals surface area contributed by atoms with Crippen LogP contribution in [0.1, 0.15) is 25.0 Å². The highest BCUT2D eigenvalue weighted by Gasteiger charge is 2.35. The summed E-state index contributed by atoms with van der Waals surface area (Å²) in [5.74, 6) is 0.627. The number of para-hydroxylation sites is 1. The van der Waals surface area contributed by atoms with Gasteiger partial charge in [0.05, 0.1) is 11.0 Å². The number of rotatable bonds is 3. The molecule has 0 fully saturated rings. The molecule has 3 heterocycles. The van der Waals surface area contributed by atoms with Gasteiger partial charge in [0.1, 0.15) is 11.2 Å². The summed E-state index contributed by atoms with van der Waals surface area (Å²) in [6.45, 7) is 4.60. The molecule has 0 amide bonds. The van der Waals surface area contributed by atoms with Crippen LogP contribution in [0.5, 0.6) is 0 Å². The van der Waals surface area contributed by atoms with E-state index in [4.69, 9.17) is 15.0 Å². The molecule has 1 aliphatic rings. The lowest BCUT2D eigenvalue weighted by Crippen LogP contribution is -2.15. The van der Waals surface area contributed by atoms with Crippen molar-refractivity contribution < 1.29 is 0 Å². The smallest absolute Gasteiger partial charge is 0.182 e. The Morgan fingerprint density at radius 3 is 2.17 bits per heavy atom. The molecule has 0 spiro atoms. The molecule has 0 unspecified atom stereocenters. The van der Waals surface area contributed by atoms with Crippen LogP contribution in [0.2, 0.25) is 0 Å². The lowest BCUT2D eigenvalue weighted by Gasteiger charge is -2.22. The first-order chi connectivity index (χ1) is 25.5. The van der Waals surface area contributed by atoms with Crippen molar-refractivity contribution in [1.82, 2.24) is 24.5 Å². The van der Waals surface area contributed by atoms with Crippen molar-refractivity contribution in [2.45, 2.75) is 19.3 Å². The first-order valence-corrected chi connectivity index (χ1v) is 17.7. The molecule has 0 N–H and O–H groups in total. The van der Waals surface area contributed by atoms with Crippen LogP contribution in [-0.4, -0.2) is 24.5 Å². The Bertz CT molecular complexity index is 3120. The van der Waals surface area contributed by atoms with Crippen LogP contribution >= 0.6 is 0 Å². The van der Waals surface area contributed by atoms with E-state index >= 15 is 0 Å². The molecule has 1 aliphatic carbocycles. The Kier molecular flexibility index (Phi) is 5.95. The highest BCUT2D eigenvalue weighted by atomic mass is 15.0. The normalized spacial score (nSPS) is 13.3. The van der Waals surface area contributed by atoms with Crippen LogP contribution < -0.4 is 0 Å². The molecule has 5 nitrogen and oxygen atoms in total. The maximum absolute atomic E-state index is 5.23. The van der Waals surface area contributed by atoms with Gasteiger partial charge in [-0.05, 0) is 86.3 Å². The van der Waals surface area contributed by atoms with E-state index in [1.807, 2.05) is 0 Å². The molecule has 11 rings (SSSR count). The van der Waals surface area contributed by atoms with Crippen molar-refractivity contribution in [1.29, 1.82) is 0 Å². The quantitative estimate of drug-likeness (QED) is 0.188. The van der Waals surface area contributed by atoms with E-state index in [9.17, 15) is 0 Å². The number of hydrogen-bond acceptors (Lipinski definition) is 4. The maximum atomic E-state index is 5.23. The summed E-state index contributed by atoms with van der Waals surface area (Å²) in [7, 11) is 0. The average Bonchev–Trinajstić information content (AvgIpc) is 3.63. The molecule has 10 aromatic rings. The molecule has 5 heteroatoms. The van der Waals surface area contributed by atoms with Crippen molar-refractivity contribution >= 4 is 54.5 Å². The molecule has 0 radical (unpaired) electrons. The van der Waals surface area contributed by atoms with Crippen LogP contribution in [0.3, 0.4) is 0 Å². The summed E-state index contributed by atoms with van der Waals surface area (Å²) < 4.78 is 2.39. The molecule has 0 saturated carbocycles. The molecule has 0 aliphatic heterocycles. The molecule has 244 valence electrons.